The van der Waals surface area contributed by atoms with Crippen LogP contribution in [0.15, 0.2) is 0 Å². The summed E-state index contributed by atoms with van der Waals surface area (Å²) in [5.74, 6) is -0.0637. The third-order valence-corrected chi connectivity index (χ3v) is 2.58. The third kappa shape index (κ3) is 4.80. The summed E-state index contributed by atoms with van der Waals surface area (Å²) in [6.07, 6.45) is 3.08. The van der Waals surface area contributed by atoms with Gasteiger partial charge in [0.05, 0.1) is 18.5 Å². The molecule has 0 aliphatic rings. The second-order valence-electron chi connectivity index (χ2n) is 3.91. The lowest BCUT2D eigenvalue weighted by Crippen LogP contribution is -2.45. The Morgan fingerprint density at radius 1 is 1.60 bits per heavy atom. The van der Waals surface area contributed by atoms with E-state index in [2.05, 4.69) is 13.0 Å². The predicted octanol–water partition coefficient (Wildman–Crippen LogP) is 1.26. The smallest absolute Gasteiger partial charge is 0.239 e. The van der Waals surface area contributed by atoms with E-state index >= 15 is 0 Å². The molecule has 4 heteroatoms. The van der Waals surface area contributed by atoms with Crippen molar-refractivity contribution in [1.82, 2.24) is 4.90 Å². The van der Waals surface area contributed by atoms with Crippen LogP contribution in [-0.2, 0) is 4.79 Å². The minimum atomic E-state index is -0.420. The maximum absolute atomic E-state index is 11.8. The molecule has 0 aliphatic carbocycles. The number of likely N-dealkylation sites (N-methyl/N-ethyl adjacent to an activating group) is 1. The van der Waals surface area contributed by atoms with E-state index in [-0.39, 0.29) is 11.9 Å². The van der Waals surface area contributed by atoms with Crippen LogP contribution in [0.25, 0.3) is 0 Å². The van der Waals surface area contributed by atoms with Crippen LogP contribution in [0.5, 0.6) is 0 Å². The van der Waals surface area contributed by atoms with Gasteiger partial charge in [-0.1, -0.05) is 19.8 Å². The molecule has 0 aliphatic heterocycles. The summed E-state index contributed by atoms with van der Waals surface area (Å²) in [5, 5.41) is 8.53. The number of hydrogen-bond acceptors (Lipinski definition) is 3. The van der Waals surface area contributed by atoms with E-state index in [9.17, 15) is 4.79 Å². The van der Waals surface area contributed by atoms with Crippen LogP contribution in [-0.4, -0.2) is 29.9 Å². The van der Waals surface area contributed by atoms with E-state index in [1.54, 1.807) is 11.9 Å². The second-order valence-corrected chi connectivity index (χ2v) is 3.91. The van der Waals surface area contributed by atoms with Gasteiger partial charge in [0.1, 0.15) is 0 Å². The Morgan fingerprint density at radius 3 is 2.67 bits per heavy atom. The van der Waals surface area contributed by atoms with E-state index in [0.717, 1.165) is 19.3 Å². The van der Waals surface area contributed by atoms with Crippen LogP contribution in [0.1, 0.15) is 39.5 Å². The molecular formula is C11H21N3O. The van der Waals surface area contributed by atoms with Gasteiger partial charge in [-0.05, 0) is 13.3 Å². The highest BCUT2D eigenvalue weighted by molar-refractivity contribution is 5.81. The molecule has 0 spiro atoms. The minimum absolute atomic E-state index is 0.0600. The Kier molecular flexibility index (Phi) is 6.72. The van der Waals surface area contributed by atoms with E-state index in [0.29, 0.717) is 6.42 Å². The Hall–Kier alpha value is -1.08. The first kappa shape index (κ1) is 13.9. The molecule has 2 N–H and O–H groups in total. The first-order chi connectivity index (χ1) is 7.04. The number of nitrogens with zero attached hydrogens (tertiary/aromatic N) is 2. The number of rotatable bonds is 6. The number of carbonyl (C=O) groups excluding carboxylic acids is 1. The molecule has 2 atom stereocenters. The van der Waals surface area contributed by atoms with Crippen molar-refractivity contribution in [3.8, 4) is 6.07 Å². The largest absolute Gasteiger partial charge is 0.341 e. The van der Waals surface area contributed by atoms with E-state index < -0.39 is 6.04 Å². The Labute approximate surface area is 92.0 Å². The van der Waals surface area contributed by atoms with Gasteiger partial charge in [-0.15, -0.1) is 0 Å². The first-order valence-electron chi connectivity index (χ1n) is 5.43. The maximum Gasteiger partial charge on any atom is 0.239 e. The van der Waals surface area contributed by atoms with Crippen molar-refractivity contribution >= 4 is 5.91 Å². The molecule has 0 saturated heterocycles. The van der Waals surface area contributed by atoms with Crippen molar-refractivity contribution in [3.63, 3.8) is 0 Å². The minimum Gasteiger partial charge on any atom is -0.341 e. The lowest BCUT2D eigenvalue weighted by Gasteiger charge is -2.25. The molecule has 1 unspecified atom stereocenters. The summed E-state index contributed by atoms with van der Waals surface area (Å²) < 4.78 is 0. The molecular weight excluding hydrogens is 190 g/mol. The van der Waals surface area contributed by atoms with Gasteiger partial charge in [-0.25, -0.2) is 0 Å². The molecule has 4 nitrogen and oxygen atoms in total. The van der Waals surface area contributed by atoms with Gasteiger partial charge in [-0.2, -0.15) is 5.26 Å². The topological polar surface area (TPSA) is 70.1 Å². The van der Waals surface area contributed by atoms with Gasteiger partial charge in [0.15, 0.2) is 0 Å². The molecule has 0 aromatic heterocycles. The number of nitrogens with two attached hydrogens (primary N) is 1. The quantitative estimate of drug-likeness (QED) is 0.719. The fourth-order valence-electron chi connectivity index (χ4n) is 1.30. The number of amides is 1. The van der Waals surface area contributed by atoms with E-state index in [4.69, 9.17) is 11.0 Å². The SMILES string of the molecule is CCCC[C@H](N)C(=O)N(C)C(C)CC#N. The fraction of sp³-hybridized carbons (Fsp3) is 0.818. The highest BCUT2D eigenvalue weighted by Gasteiger charge is 2.21. The summed E-state index contributed by atoms with van der Waals surface area (Å²) >= 11 is 0. The zero-order valence-corrected chi connectivity index (χ0v) is 9.86. The fourth-order valence-corrected chi connectivity index (χ4v) is 1.30. The van der Waals surface area contributed by atoms with Crippen molar-refractivity contribution in [1.29, 1.82) is 5.26 Å². The lowest BCUT2D eigenvalue weighted by molar-refractivity contribution is -0.133. The molecule has 0 bridgehead atoms. The van der Waals surface area contributed by atoms with Crippen LogP contribution in [0.3, 0.4) is 0 Å². The maximum atomic E-state index is 11.8. The van der Waals surface area contributed by atoms with Crippen molar-refractivity contribution in [2.24, 2.45) is 5.73 Å². The average molecular weight is 211 g/mol. The van der Waals surface area contributed by atoms with E-state index in [1.807, 2.05) is 6.92 Å². The zero-order valence-electron chi connectivity index (χ0n) is 9.86. The summed E-state index contributed by atoms with van der Waals surface area (Å²) in [6.45, 7) is 3.92. The molecule has 0 rings (SSSR count). The van der Waals surface area contributed by atoms with Gasteiger partial charge >= 0.3 is 0 Å². The van der Waals surface area contributed by atoms with Crippen LogP contribution >= 0.6 is 0 Å². The predicted molar refractivity (Wildman–Crippen MR) is 60.0 cm³/mol. The molecule has 0 heterocycles. The van der Waals surface area contributed by atoms with E-state index in [1.165, 1.54) is 0 Å². The van der Waals surface area contributed by atoms with Crippen LogP contribution in [0.2, 0.25) is 0 Å². The molecule has 0 radical (unpaired) electrons. The normalized spacial score (nSPS) is 14.1. The number of hydrogen-bond donors (Lipinski definition) is 1. The molecule has 0 aromatic rings. The third-order valence-electron chi connectivity index (χ3n) is 2.58. The standard InChI is InChI=1S/C11H21N3O/c1-4-5-6-10(13)11(15)14(3)9(2)7-8-12/h9-10H,4-7,13H2,1-3H3/t9?,10-/m0/s1. The summed E-state index contributed by atoms with van der Waals surface area (Å²) in [6, 6.07) is 1.57. The zero-order chi connectivity index (χ0) is 11.8. The molecule has 1 amide bonds. The number of carbonyl (C=O) groups is 1. The van der Waals surface area contributed by atoms with Crippen molar-refractivity contribution in [2.45, 2.75) is 51.6 Å². The first-order valence-corrected chi connectivity index (χ1v) is 5.43. The van der Waals surface area contributed by atoms with Gasteiger partial charge in [0, 0.05) is 13.1 Å². The van der Waals surface area contributed by atoms with Crippen LogP contribution in [0.4, 0.5) is 0 Å². The summed E-state index contributed by atoms with van der Waals surface area (Å²) in [4.78, 5) is 13.3. The average Bonchev–Trinajstić information content (AvgIpc) is 2.24. The Balaban J connectivity index is 4.13. The second kappa shape index (κ2) is 7.24. The monoisotopic (exact) mass is 211 g/mol. The molecule has 15 heavy (non-hydrogen) atoms. The number of nitriles is 1. The highest BCUT2D eigenvalue weighted by Crippen LogP contribution is 2.06. The van der Waals surface area contributed by atoms with Crippen LogP contribution in [0, 0.1) is 11.3 Å². The highest BCUT2D eigenvalue weighted by atomic mass is 16.2. The lowest BCUT2D eigenvalue weighted by atomic mass is 10.1. The van der Waals surface area contributed by atoms with Crippen LogP contribution < -0.4 is 5.73 Å². The summed E-state index contributed by atoms with van der Waals surface area (Å²) in [7, 11) is 1.70. The Morgan fingerprint density at radius 2 is 2.20 bits per heavy atom. The van der Waals surface area contributed by atoms with Gasteiger partial charge in [0.2, 0.25) is 5.91 Å². The summed E-state index contributed by atoms with van der Waals surface area (Å²) in [5.41, 5.74) is 5.76. The molecule has 0 fully saturated rings. The van der Waals surface area contributed by atoms with Crippen molar-refractivity contribution in [3.05, 3.63) is 0 Å². The number of unbranched alkanes of at least 4 members (excludes halogenated alkanes) is 1. The van der Waals surface area contributed by atoms with Gasteiger partial charge in [-0.3, -0.25) is 4.79 Å². The van der Waals surface area contributed by atoms with Crippen molar-refractivity contribution < 1.29 is 4.79 Å². The molecule has 0 aromatic carbocycles. The van der Waals surface area contributed by atoms with Gasteiger partial charge in [0.25, 0.3) is 0 Å². The Bertz CT molecular complexity index is 234. The van der Waals surface area contributed by atoms with Crippen molar-refractivity contribution in [2.75, 3.05) is 7.05 Å². The molecule has 86 valence electrons. The van der Waals surface area contributed by atoms with Gasteiger partial charge < -0.3 is 10.6 Å². The molecule has 0 saturated carbocycles.